The minimum atomic E-state index is -0.419. The summed E-state index contributed by atoms with van der Waals surface area (Å²) < 4.78 is 0. The molecule has 0 bridgehead atoms. The van der Waals surface area contributed by atoms with Crippen LogP contribution in [0.4, 0.5) is 16.3 Å². The van der Waals surface area contributed by atoms with E-state index in [1.54, 1.807) is 25.4 Å². The summed E-state index contributed by atoms with van der Waals surface area (Å²) >= 11 is 0. The van der Waals surface area contributed by atoms with E-state index in [2.05, 4.69) is 15.6 Å². The molecule has 1 aromatic carbocycles. The van der Waals surface area contributed by atoms with Crippen molar-refractivity contribution >= 4 is 23.4 Å². The van der Waals surface area contributed by atoms with E-state index in [-0.39, 0.29) is 12.5 Å². The molecule has 0 fully saturated rings. The van der Waals surface area contributed by atoms with Crippen molar-refractivity contribution in [2.45, 2.75) is 13.5 Å². The summed E-state index contributed by atoms with van der Waals surface area (Å²) in [5.74, 6) is 0.219. The molecule has 7 heteroatoms. The third-order valence-corrected chi connectivity index (χ3v) is 3.50. The number of likely N-dealkylation sites (N-methyl/N-ethyl adjacent to an activating group) is 1. The first kappa shape index (κ1) is 17.3. The number of urea groups is 1. The molecule has 1 heterocycles. The molecule has 7 nitrogen and oxygen atoms in total. The highest BCUT2D eigenvalue weighted by Crippen LogP contribution is 2.13. The average molecular weight is 327 g/mol. The summed E-state index contributed by atoms with van der Waals surface area (Å²) in [5, 5.41) is 5.20. The highest BCUT2D eigenvalue weighted by atomic mass is 16.2. The number of amides is 3. The number of nitrogen functional groups attached to an aromatic ring is 1. The van der Waals surface area contributed by atoms with E-state index in [1.165, 1.54) is 4.90 Å². The second kappa shape index (κ2) is 7.96. The lowest BCUT2D eigenvalue weighted by Crippen LogP contribution is -2.42. The SMILES string of the molecule is Cc1ccc(N(C)C(=O)CNC(=O)NCc2ccc(N)nc2)cc1. The van der Waals surface area contributed by atoms with E-state index in [4.69, 9.17) is 5.73 Å². The number of hydrogen-bond donors (Lipinski definition) is 3. The number of aryl methyl sites for hydroxylation is 1. The molecule has 4 N–H and O–H groups in total. The number of rotatable bonds is 5. The summed E-state index contributed by atoms with van der Waals surface area (Å²) in [4.78, 5) is 29.3. The van der Waals surface area contributed by atoms with E-state index in [1.807, 2.05) is 31.2 Å². The van der Waals surface area contributed by atoms with E-state index in [0.29, 0.717) is 12.4 Å². The normalized spacial score (nSPS) is 10.1. The molecule has 0 aliphatic heterocycles. The number of nitrogens with two attached hydrogens (primary N) is 1. The number of nitrogens with zero attached hydrogens (tertiary/aromatic N) is 2. The molecule has 0 aliphatic rings. The summed E-state index contributed by atoms with van der Waals surface area (Å²) in [6.07, 6.45) is 1.59. The van der Waals surface area contributed by atoms with Crippen LogP contribution < -0.4 is 21.3 Å². The molecule has 2 aromatic rings. The van der Waals surface area contributed by atoms with Gasteiger partial charge in [0.25, 0.3) is 0 Å². The first-order chi connectivity index (χ1) is 11.5. The smallest absolute Gasteiger partial charge is 0.315 e. The van der Waals surface area contributed by atoms with Crippen molar-refractivity contribution in [2.75, 3.05) is 24.2 Å². The van der Waals surface area contributed by atoms with Crippen molar-refractivity contribution in [1.29, 1.82) is 0 Å². The van der Waals surface area contributed by atoms with Crippen LogP contribution in [0.2, 0.25) is 0 Å². The van der Waals surface area contributed by atoms with Crippen molar-refractivity contribution in [3.8, 4) is 0 Å². The number of hydrogen-bond acceptors (Lipinski definition) is 4. The van der Waals surface area contributed by atoms with Gasteiger partial charge in [-0.05, 0) is 30.7 Å². The van der Waals surface area contributed by atoms with Crippen LogP contribution in [0.3, 0.4) is 0 Å². The quantitative estimate of drug-likeness (QED) is 0.773. The molecule has 2 rings (SSSR count). The van der Waals surface area contributed by atoms with Crippen LogP contribution in [0, 0.1) is 6.92 Å². The zero-order valence-corrected chi connectivity index (χ0v) is 13.7. The second-order valence-electron chi connectivity index (χ2n) is 5.42. The molecule has 0 unspecified atom stereocenters. The van der Waals surface area contributed by atoms with Gasteiger partial charge < -0.3 is 21.3 Å². The third kappa shape index (κ3) is 4.98. The maximum absolute atomic E-state index is 12.1. The number of nitrogens with one attached hydrogen (secondary N) is 2. The lowest BCUT2D eigenvalue weighted by atomic mass is 10.2. The van der Waals surface area contributed by atoms with Crippen molar-refractivity contribution in [2.24, 2.45) is 0 Å². The minimum Gasteiger partial charge on any atom is -0.384 e. The fourth-order valence-electron chi connectivity index (χ4n) is 1.97. The molecule has 1 aromatic heterocycles. The van der Waals surface area contributed by atoms with Crippen LogP contribution in [-0.4, -0.2) is 30.5 Å². The van der Waals surface area contributed by atoms with E-state index < -0.39 is 6.03 Å². The average Bonchev–Trinajstić information content (AvgIpc) is 2.59. The summed E-state index contributed by atoms with van der Waals surface area (Å²) in [5.41, 5.74) is 8.22. The summed E-state index contributed by atoms with van der Waals surface area (Å²) in [6, 6.07) is 10.6. The highest BCUT2D eigenvalue weighted by Gasteiger charge is 2.12. The van der Waals surface area contributed by atoms with Crippen LogP contribution in [0.15, 0.2) is 42.6 Å². The van der Waals surface area contributed by atoms with Crippen LogP contribution in [0.25, 0.3) is 0 Å². The molecule has 0 aliphatic carbocycles. The first-order valence-corrected chi connectivity index (χ1v) is 7.51. The number of carbonyl (C=O) groups excluding carboxylic acids is 2. The van der Waals surface area contributed by atoms with Crippen molar-refractivity contribution < 1.29 is 9.59 Å². The predicted octanol–water partition coefficient (Wildman–Crippen LogP) is 1.43. The standard InChI is InChI=1S/C17H21N5O2/c1-12-3-6-14(7-4-12)22(2)16(23)11-21-17(24)20-10-13-5-8-15(18)19-9-13/h3-9H,10-11H2,1-2H3,(H2,18,19)(H2,20,21,24). The largest absolute Gasteiger partial charge is 0.384 e. The summed E-state index contributed by atoms with van der Waals surface area (Å²) in [6.45, 7) is 2.20. The zero-order chi connectivity index (χ0) is 17.5. The molecule has 0 atom stereocenters. The maximum atomic E-state index is 12.1. The molecule has 126 valence electrons. The predicted molar refractivity (Wildman–Crippen MR) is 93.5 cm³/mol. The monoisotopic (exact) mass is 327 g/mol. The lowest BCUT2D eigenvalue weighted by molar-refractivity contribution is -0.117. The second-order valence-corrected chi connectivity index (χ2v) is 5.42. The Morgan fingerprint density at radius 2 is 1.83 bits per heavy atom. The highest BCUT2D eigenvalue weighted by molar-refractivity contribution is 5.96. The number of anilines is 2. The van der Waals surface area contributed by atoms with Crippen LogP contribution in [-0.2, 0) is 11.3 Å². The number of pyridine rings is 1. The molecule has 3 amide bonds. The van der Waals surface area contributed by atoms with Crippen molar-refractivity contribution in [3.63, 3.8) is 0 Å². The molecule has 0 spiro atoms. The molecule has 24 heavy (non-hydrogen) atoms. The van der Waals surface area contributed by atoms with Gasteiger partial charge in [0.05, 0.1) is 6.54 Å². The van der Waals surface area contributed by atoms with Gasteiger partial charge in [-0.1, -0.05) is 23.8 Å². The third-order valence-electron chi connectivity index (χ3n) is 3.50. The minimum absolute atomic E-state index is 0.0871. The zero-order valence-electron chi connectivity index (χ0n) is 13.7. The van der Waals surface area contributed by atoms with Gasteiger partial charge >= 0.3 is 6.03 Å². The van der Waals surface area contributed by atoms with Gasteiger partial charge in [-0.2, -0.15) is 0 Å². The van der Waals surface area contributed by atoms with Crippen molar-refractivity contribution in [1.82, 2.24) is 15.6 Å². The lowest BCUT2D eigenvalue weighted by Gasteiger charge is -2.18. The van der Waals surface area contributed by atoms with Gasteiger partial charge in [-0.15, -0.1) is 0 Å². The van der Waals surface area contributed by atoms with Gasteiger partial charge in [0.2, 0.25) is 5.91 Å². The Kier molecular flexibility index (Phi) is 5.73. The Morgan fingerprint density at radius 3 is 2.46 bits per heavy atom. The molecular weight excluding hydrogens is 306 g/mol. The Bertz CT molecular complexity index is 698. The van der Waals surface area contributed by atoms with E-state index in [9.17, 15) is 9.59 Å². The molecule has 0 saturated carbocycles. The van der Waals surface area contributed by atoms with E-state index in [0.717, 1.165) is 16.8 Å². The molecular formula is C17H21N5O2. The Labute approximate surface area is 140 Å². The fourth-order valence-corrected chi connectivity index (χ4v) is 1.97. The summed E-state index contributed by atoms with van der Waals surface area (Å²) in [7, 11) is 1.67. The van der Waals surface area contributed by atoms with Gasteiger partial charge in [0, 0.05) is 25.5 Å². The number of carbonyl (C=O) groups is 2. The van der Waals surface area contributed by atoms with Gasteiger partial charge in [0.15, 0.2) is 0 Å². The van der Waals surface area contributed by atoms with Crippen LogP contribution in [0.5, 0.6) is 0 Å². The van der Waals surface area contributed by atoms with Gasteiger partial charge in [0.1, 0.15) is 5.82 Å². The maximum Gasteiger partial charge on any atom is 0.315 e. The van der Waals surface area contributed by atoms with Crippen LogP contribution >= 0.6 is 0 Å². The topological polar surface area (TPSA) is 100 Å². The van der Waals surface area contributed by atoms with Crippen LogP contribution in [0.1, 0.15) is 11.1 Å². The number of aromatic nitrogens is 1. The Morgan fingerprint density at radius 1 is 1.12 bits per heavy atom. The Hall–Kier alpha value is -3.09. The van der Waals surface area contributed by atoms with Gasteiger partial charge in [-0.3, -0.25) is 4.79 Å². The van der Waals surface area contributed by atoms with E-state index >= 15 is 0 Å². The first-order valence-electron chi connectivity index (χ1n) is 7.51. The fraction of sp³-hybridized carbons (Fsp3) is 0.235. The molecule has 0 radical (unpaired) electrons. The van der Waals surface area contributed by atoms with Gasteiger partial charge in [-0.25, -0.2) is 9.78 Å². The number of benzene rings is 1. The molecule has 0 saturated heterocycles. The Balaban J connectivity index is 1.77. The van der Waals surface area contributed by atoms with Crippen molar-refractivity contribution in [3.05, 3.63) is 53.7 Å².